The van der Waals surface area contributed by atoms with Crippen LogP contribution in [0.25, 0.3) is 11.5 Å². The number of hydrogen-bond donors (Lipinski definition) is 0. The second kappa shape index (κ2) is 7.05. The Morgan fingerprint density at radius 2 is 2.32 bits per heavy atom. The van der Waals surface area contributed by atoms with Crippen molar-refractivity contribution < 1.29 is 9.21 Å². The molecule has 2 aromatic rings. The number of carbonyl (C=O) groups excluding carboxylic acids is 1. The molecule has 0 atom stereocenters. The molecule has 22 heavy (non-hydrogen) atoms. The zero-order chi connectivity index (χ0) is 15.4. The van der Waals surface area contributed by atoms with Gasteiger partial charge in [0.1, 0.15) is 0 Å². The van der Waals surface area contributed by atoms with Crippen LogP contribution in [0.15, 0.2) is 21.2 Å². The summed E-state index contributed by atoms with van der Waals surface area (Å²) in [5, 5.41) is 12.0. The first-order valence-electron chi connectivity index (χ1n) is 7.89. The molecule has 1 saturated carbocycles. The number of aromatic nitrogens is 2. The predicted octanol–water partition coefficient (Wildman–Crippen LogP) is 3.38. The lowest BCUT2D eigenvalue weighted by molar-refractivity contribution is -0.131. The van der Waals surface area contributed by atoms with Gasteiger partial charge in [0.2, 0.25) is 17.7 Å². The molecule has 3 rings (SSSR count). The molecule has 0 saturated heterocycles. The topological polar surface area (TPSA) is 59.2 Å². The Hall–Kier alpha value is -1.69. The van der Waals surface area contributed by atoms with Gasteiger partial charge >= 0.3 is 0 Å². The molecule has 5 nitrogen and oxygen atoms in total. The van der Waals surface area contributed by atoms with Gasteiger partial charge in [-0.2, -0.15) is 11.3 Å². The van der Waals surface area contributed by atoms with Crippen molar-refractivity contribution in [3.05, 3.63) is 22.7 Å². The van der Waals surface area contributed by atoms with Crippen molar-refractivity contribution in [2.45, 2.75) is 39.0 Å². The molecule has 0 aliphatic heterocycles. The molecule has 0 spiro atoms. The van der Waals surface area contributed by atoms with E-state index in [2.05, 4.69) is 17.1 Å². The predicted molar refractivity (Wildman–Crippen MR) is 85.5 cm³/mol. The SMILES string of the molecule is CCCN(CC1CC1)C(=O)CCc1nnc(-c2ccsc2)o1. The fourth-order valence-electron chi connectivity index (χ4n) is 2.43. The lowest BCUT2D eigenvalue weighted by atomic mass is 10.2. The Bertz CT molecular complexity index is 605. The van der Waals surface area contributed by atoms with Crippen LogP contribution in [0.4, 0.5) is 0 Å². The summed E-state index contributed by atoms with van der Waals surface area (Å²) in [7, 11) is 0. The van der Waals surface area contributed by atoms with E-state index in [4.69, 9.17) is 4.42 Å². The molecule has 0 unspecified atom stereocenters. The van der Waals surface area contributed by atoms with Gasteiger partial charge in [0.25, 0.3) is 0 Å². The van der Waals surface area contributed by atoms with Crippen molar-refractivity contribution in [1.82, 2.24) is 15.1 Å². The molecular weight excluding hydrogens is 298 g/mol. The van der Waals surface area contributed by atoms with E-state index in [1.165, 1.54) is 12.8 Å². The van der Waals surface area contributed by atoms with Gasteiger partial charge in [0.05, 0.1) is 0 Å². The van der Waals surface area contributed by atoms with Crippen LogP contribution in [-0.4, -0.2) is 34.1 Å². The molecule has 2 aromatic heterocycles. The van der Waals surface area contributed by atoms with Crippen LogP contribution in [0.1, 0.15) is 38.5 Å². The van der Waals surface area contributed by atoms with Crippen molar-refractivity contribution in [1.29, 1.82) is 0 Å². The van der Waals surface area contributed by atoms with Gasteiger partial charge in [0.15, 0.2) is 0 Å². The van der Waals surface area contributed by atoms with Gasteiger partial charge in [-0.15, -0.1) is 10.2 Å². The summed E-state index contributed by atoms with van der Waals surface area (Å²) < 4.78 is 5.63. The molecule has 118 valence electrons. The van der Waals surface area contributed by atoms with Crippen LogP contribution >= 0.6 is 11.3 Å². The van der Waals surface area contributed by atoms with E-state index in [-0.39, 0.29) is 5.91 Å². The molecule has 1 fully saturated rings. The number of carbonyl (C=O) groups is 1. The average molecular weight is 319 g/mol. The molecule has 1 aliphatic carbocycles. The minimum Gasteiger partial charge on any atom is -0.421 e. The summed E-state index contributed by atoms with van der Waals surface area (Å²) in [4.78, 5) is 14.3. The number of thiophene rings is 1. The second-order valence-corrected chi connectivity index (χ2v) is 6.58. The molecule has 1 aliphatic rings. The zero-order valence-electron chi connectivity index (χ0n) is 12.8. The van der Waals surface area contributed by atoms with Gasteiger partial charge in [-0.1, -0.05) is 6.92 Å². The van der Waals surface area contributed by atoms with Crippen LogP contribution in [-0.2, 0) is 11.2 Å². The monoisotopic (exact) mass is 319 g/mol. The molecule has 0 aromatic carbocycles. The maximum absolute atomic E-state index is 12.3. The third kappa shape index (κ3) is 3.94. The summed E-state index contributed by atoms with van der Waals surface area (Å²) in [5.41, 5.74) is 0.941. The summed E-state index contributed by atoms with van der Waals surface area (Å²) in [5.74, 6) is 2.00. The first-order chi connectivity index (χ1) is 10.8. The van der Waals surface area contributed by atoms with E-state index < -0.39 is 0 Å². The van der Waals surface area contributed by atoms with Crippen LogP contribution in [0.2, 0.25) is 0 Å². The van der Waals surface area contributed by atoms with Crippen LogP contribution in [0.3, 0.4) is 0 Å². The maximum atomic E-state index is 12.3. The molecule has 0 N–H and O–H groups in total. The highest BCUT2D eigenvalue weighted by Crippen LogP contribution is 2.30. The van der Waals surface area contributed by atoms with Gasteiger partial charge < -0.3 is 9.32 Å². The third-order valence-corrected chi connectivity index (χ3v) is 4.49. The minimum absolute atomic E-state index is 0.198. The van der Waals surface area contributed by atoms with Crippen LogP contribution in [0, 0.1) is 5.92 Å². The average Bonchev–Trinajstić information content (AvgIpc) is 3.01. The Kier molecular flexibility index (Phi) is 4.87. The van der Waals surface area contributed by atoms with E-state index in [0.29, 0.717) is 24.6 Å². The fraction of sp³-hybridized carbons (Fsp3) is 0.562. The smallest absolute Gasteiger partial charge is 0.248 e. The van der Waals surface area contributed by atoms with Crippen molar-refractivity contribution in [3.63, 3.8) is 0 Å². The molecule has 6 heteroatoms. The zero-order valence-corrected chi connectivity index (χ0v) is 13.6. The van der Waals surface area contributed by atoms with Crippen LogP contribution in [0.5, 0.6) is 0 Å². The number of rotatable bonds is 8. The van der Waals surface area contributed by atoms with Gasteiger partial charge in [-0.3, -0.25) is 4.79 Å². The Morgan fingerprint density at radius 3 is 3.00 bits per heavy atom. The van der Waals surface area contributed by atoms with E-state index in [1.807, 2.05) is 21.7 Å². The van der Waals surface area contributed by atoms with Crippen molar-refractivity contribution in [2.24, 2.45) is 5.92 Å². The van der Waals surface area contributed by atoms with Gasteiger partial charge in [-0.05, 0) is 36.6 Å². The normalized spacial score (nSPS) is 14.2. The quantitative estimate of drug-likeness (QED) is 0.748. The lowest BCUT2D eigenvalue weighted by Crippen LogP contribution is -2.33. The molecular formula is C16H21N3O2S. The fourth-order valence-corrected chi connectivity index (χ4v) is 3.06. The van der Waals surface area contributed by atoms with Crippen LogP contribution < -0.4 is 0 Å². The Morgan fingerprint density at radius 1 is 1.45 bits per heavy atom. The van der Waals surface area contributed by atoms with E-state index in [9.17, 15) is 4.79 Å². The number of aryl methyl sites for hydroxylation is 1. The van der Waals surface area contributed by atoms with E-state index in [1.54, 1.807) is 11.3 Å². The van der Waals surface area contributed by atoms with Crippen molar-refractivity contribution in [2.75, 3.05) is 13.1 Å². The number of hydrogen-bond acceptors (Lipinski definition) is 5. The first kappa shape index (κ1) is 15.2. The molecule has 2 heterocycles. The largest absolute Gasteiger partial charge is 0.421 e. The molecule has 1 amide bonds. The van der Waals surface area contributed by atoms with Crippen molar-refractivity contribution in [3.8, 4) is 11.5 Å². The Labute approximate surface area is 134 Å². The molecule has 0 radical (unpaired) electrons. The number of nitrogens with zero attached hydrogens (tertiary/aromatic N) is 3. The Balaban J connectivity index is 1.53. The van der Waals surface area contributed by atoms with E-state index in [0.717, 1.165) is 31.0 Å². The highest BCUT2D eigenvalue weighted by atomic mass is 32.1. The first-order valence-corrected chi connectivity index (χ1v) is 8.83. The second-order valence-electron chi connectivity index (χ2n) is 5.80. The highest BCUT2D eigenvalue weighted by molar-refractivity contribution is 7.08. The molecule has 0 bridgehead atoms. The minimum atomic E-state index is 0.198. The summed E-state index contributed by atoms with van der Waals surface area (Å²) in [6.45, 7) is 3.87. The summed E-state index contributed by atoms with van der Waals surface area (Å²) in [6.07, 6.45) is 4.49. The summed E-state index contributed by atoms with van der Waals surface area (Å²) >= 11 is 1.59. The maximum Gasteiger partial charge on any atom is 0.248 e. The summed E-state index contributed by atoms with van der Waals surface area (Å²) in [6, 6.07) is 1.95. The van der Waals surface area contributed by atoms with Crippen molar-refractivity contribution >= 4 is 17.2 Å². The number of amides is 1. The van der Waals surface area contributed by atoms with E-state index >= 15 is 0 Å². The standard InChI is InChI=1S/C16H21N3O2S/c1-2-8-19(10-12-3-4-12)15(20)6-5-14-17-18-16(21-14)13-7-9-22-11-13/h7,9,11-12H,2-6,8,10H2,1H3. The lowest BCUT2D eigenvalue weighted by Gasteiger charge is -2.21. The van der Waals surface area contributed by atoms with Gasteiger partial charge in [0, 0.05) is 36.9 Å². The highest BCUT2D eigenvalue weighted by Gasteiger charge is 2.26. The third-order valence-electron chi connectivity index (χ3n) is 3.81. The van der Waals surface area contributed by atoms with Gasteiger partial charge in [-0.25, -0.2) is 0 Å².